The van der Waals surface area contributed by atoms with E-state index in [9.17, 15) is 8.42 Å². The van der Waals surface area contributed by atoms with Crippen molar-refractivity contribution < 1.29 is 13.0 Å². The Hall–Kier alpha value is -1.13. The van der Waals surface area contributed by atoms with Crippen molar-refractivity contribution in [2.75, 3.05) is 0 Å². The first-order valence-electron chi connectivity index (χ1n) is 5.00. The van der Waals surface area contributed by atoms with E-state index in [4.69, 9.17) is 4.55 Å². The molecule has 1 rings (SSSR count). The third-order valence-electron chi connectivity index (χ3n) is 2.40. The van der Waals surface area contributed by atoms with Gasteiger partial charge in [-0.15, -0.1) is 0 Å². The molecule has 0 heterocycles. The maximum absolute atomic E-state index is 11.0. The highest BCUT2D eigenvalue weighted by Gasteiger charge is 2.14. The highest BCUT2D eigenvalue weighted by atomic mass is 32.2. The van der Waals surface area contributed by atoms with Gasteiger partial charge >= 0.3 is 0 Å². The van der Waals surface area contributed by atoms with E-state index >= 15 is 0 Å². The maximum Gasteiger partial charge on any atom is 0.294 e. The minimum atomic E-state index is -4.14. The van der Waals surface area contributed by atoms with Crippen LogP contribution < -0.4 is 0 Å². The van der Waals surface area contributed by atoms with Gasteiger partial charge in [-0.3, -0.25) is 4.55 Å². The molecule has 0 aromatic heterocycles. The third-order valence-corrected chi connectivity index (χ3v) is 3.25. The Kier molecular flexibility index (Phi) is 3.55. The second-order valence-corrected chi connectivity index (χ2v) is 5.58. The first-order valence-corrected chi connectivity index (χ1v) is 6.45. The summed E-state index contributed by atoms with van der Waals surface area (Å²) in [7, 11) is -4.14. The SMILES string of the molecule is C=C(C)c1cc(S(=O)(=O)O)ccc1C(C)C. The van der Waals surface area contributed by atoms with E-state index in [1.807, 2.05) is 20.8 Å². The Balaban J connectivity index is 3.46. The molecule has 0 aliphatic heterocycles. The Bertz CT molecular complexity index is 513. The fraction of sp³-hybridized carbons (Fsp3) is 0.333. The van der Waals surface area contributed by atoms with Gasteiger partial charge < -0.3 is 0 Å². The normalized spacial score (nSPS) is 11.8. The number of rotatable bonds is 3. The van der Waals surface area contributed by atoms with Crippen LogP contribution in [0.2, 0.25) is 0 Å². The van der Waals surface area contributed by atoms with Crippen LogP contribution in [0.5, 0.6) is 0 Å². The zero-order valence-electron chi connectivity index (χ0n) is 9.69. The molecule has 1 aromatic rings. The summed E-state index contributed by atoms with van der Waals surface area (Å²) in [6.07, 6.45) is 0. The summed E-state index contributed by atoms with van der Waals surface area (Å²) in [4.78, 5) is -0.0881. The smallest absolute Gasteiger partial charge is 0.282 e. The minimum absolute atomic E-state index is 0.0881. The Morgan fingerprint density at radius 2 is 1.94 bits per heavy atom. The maximum atomic E-state index is 11.0. The first-order chi connectivity index (χ1) is 7.23. The molecule has 0 amide bonds. The van der Waals surface area contributed by atoms with Crippen LogP contribution in [0, 0.1) is 0 Å². The predicted molar refractivity (Wildman–Crippen MR) is 65.1 cm³/mol. The highest BCUT2D eigenvalue weighted by Crippen LogP contribution is 2.27. The van der Waals surface area contributed by atoms with E-state index in [1.165, 1.54) is 12.1 Å². The number of benzene rings is 1. The van der Waals surface area contributed by atoms with E-state index in [0.29, 0.717) is 0 Å². The zero-order valence-corrected chi connectivity index (χ0v) is 10.5. The van der Waals surface area contributed by atoms with E-state index in [1.54, 1.807) is 6.07 Å². The molecule has 4 heteroatoms. The van der Waals surface area contributed by atoms with E-state index < -0.39 is 10.1 Å². The van der Waals surface area contributed by atoms with Gasteiger partial charge in [0.2, 0.25) is 0 Å². The van der Waals surface area contributed by atoms with Gasteiger partial charge in [0.1, 0.15) is 0 Å². The van der Waals surface area contributed by atoms with Crippen LogP contribution in [0.4, 0.5) is 0 Å². The Morgan fingerprint density at radius 1 is 1.38 bits per heavy atom. The van der Waals surface area contributed by atoms with E-state index in [-0.39, 0.29) is 10.8 Å². The molecular formula is C12H16O3S. The quantitative estimate of drug-likeness (QED) is 0.826. The lowest BCUT2D eigenvalue weighted by molar-refractivity contribution is 0.483. The largest absolute Gasteiger partial charge is 0.294 e. The zero-order chi connectivity index (χ0) is 12.5. The summed E-state index contributed by atoms with van der Waals surface area (Å²) in [5.74, 6) is 0.280. The molecule has 0 bridgehead atoms. The average molecular weight is 240 g/mol. The molecular weight excluding hydrogens is 224 g/mol. The molecule has 0 fully saturated rings. The minimum Gasteiger partial charge on any atom is -0.282 e. The van der Waals surface area contributed by atoms with Crippen molar-refractivity contribution in [3.8, 4) is 0 Å². The van der Waals surface area contributed by atoms with Gasteiger partial charge in [0.25, 0.3) is 10.1 Å². The van der Waals surface area contributed by atoms with E-state index in [2.05, 4.69) is 6.58 Å². The van der Waals surface area contributed by atoms with Crippen LogP contribution in [0.3, 0.4) is 0 Å². The standard InChI is InChI=1S/C12H16O3S/c1-8(2)11-6-5-10(16(13,14)15)7-12(11)9(3)4/h5-8H,3H2,1-2,4H3,(H,13,14,15). The second kappa shape index (κ2) is 4.39. The van der Waals surface area contributed by atoms with Gasteiger partial charge in [0.15, 0.2) is 0 Å². The van der Waals surface area contributed by atoms with Crippen LogP contribution in [0.15, 0.2) is 29.7 Å². The van der Waals surface area contributed by atoms with Gasteiger partial charge in [-0.05, 0) is 36.1 Å². The predicted octanol–water partition coefficient (Wildman–Crippen LogP) is 3.09. The van der Waals surface area contributed by atoms with Crippen molar-refractivity contribution >= 4 is 15.7 Å². The van der Waals surface area contributed by atoms with Gasteiger partial charge in [-0.25, -0.2) is 0 Å². The highest BCUT2D eigenvalue weighted by molar-refractivity contribution is 7.85. The summed E-state index contributed by atoms with van der Waals surface area (Å²) in [5.41, 5.74) is 2.60. The lowest BCUT2D eigenvalue weighted by Gasteiger charge is -2.13. The van der Waals surface area contributed by atoms with E-state index in [0.717, 1.165) is 16.7 Å². The third kappa shape index (κ3) is 2.71. The van der Waals surface area contributed by atoms with Crippen molar-refractivity contribution in [1.82, 2.24) is 0 Å². The van der Waals surface area contributed by atoms with Crippen molar-refractivity contribution in [1.29, 1.82) is 0 Å². The molecule has 0 radical (unpaired) electrons. The molecule has 88 valence electrons. The van der Waals surface area contributed by atoms with Crippen molar-refractivity contribution in [2.45, 2.75) is 31.6 Å². The summed E-state index contributed by atoms with van der Waals surface area (Å²) < 4.78 is 31.0. The molecule has 16 heavy (non-hydrogen) atoms. The number of allylic oxidation sites excluding steroid dienone is 1. The van der Waals surface area contributed by atoms with Crippen molar-refractivity contribution in [3.63, 3.8) is 0 Å². The molecule has 0 spiro atoms. The van der Waals surface area contributed by atoms with Crippen LogP contribution in [-0.4, -0.2) is 13.0 Å². The molecule has 1 N–H and O–H groups in total. The van der Waals surface area contributed by atoms with Gasteiger partial charge in [0.05, 0.1) is 4.90 Å². The summed E-state index contributed by atoms with van der Waals surface area (Å²) in [6, 6.07) is 4.60. The van der Waals surface area contributed by atoms with Crippen molar-refractivity contribution in [3.05, 3.63) is 35.9 Å². The summed E-state index contributed by atoms with van der Waals surface area (Å²) in [5, 5.41) is 0. The molecule has 0 unspecified atom stereocenters. The fourth-order valence-corrected chi connectivity index (χ4v) is 2.08. The summed E-state index contributed by atoms with van der Waals surface area (Å²) in [6.45, 7) is 9.68. The van der Waals surface area contributed by atoms with Crippen LogP contribution in [0.1, 0.15) is 37.8 Å². The summed E-state index contributed by atoms with van der Waals surface area (Å²) >= 11 is 0. The lowest BCUT2D eigenvalue weighted by atomic mass is 9.94. The molecule has 0 aliphatic carbocycles. The second-order valence-electron chi connectivity index (χ2n) is 4.16. The molecule has 0 saturated carbocycles. The van der Waals surface area contributed by atoms with Gasteiger partial charge in [-0.2, -0.15) is 8.42 Å². The lowest BCUT2D eigenvalue weighted by Crippen LogP contribution is -2.01. The first kappa shape index (κ1) is 12.9. The van der Waals surface area contributed by atoms with Crippen LogP contribution >= 0.6 is 0 Å². The fourth-order valence-electron chi connectivity index (χ4n) is 1.57. The Morgan fingerprint density at radius 3 is 2.31 bits per heavy atom. The Labute approximate surface area is 96.6 Å². The van der Waals surface area contributed by atoms with Crippen LogP contribution in [0.25, 0.3) is 5.57 Å². The van der Waals surface area contributed by atoms with Crippen LogP contribution in [-0.2, 0) is 10.1 Å². The van der Waals surface area contributed by atoms with Gasteiger partial charge in [0, 0.05) is 0 Å². The molecule has 0 saturated heterocycles. The average Bonchev–Trinajstić information content (AvgIpc) is 2.15. The topological polar surface area (TPSA) is 54.4 Å². The molecule has 0 aliphatic rings. The van der Waals surface area contributed by atoms with Crippen molar-refractivity contribution in [2.24, 2.45) is 0 Å². The monoisotopic (exact) mass is 240 g/mol. The number of hydrogen-bond donors (Lipinski definition) is 1. The molecule has 0 atom stereocenters. The number of hydrogen-bond acceptors (Lipinski definition) is 2. The molecule has 1 aromatic carbocycles. The molecule has 3 nitrogen and oxygen atoms in total. The van der Waals surface area contributed by atoms with Gasteiger partial charge in [-0.1, -0.05) is 32.1 Å².